The average Bonchev–Trinajstić information content (AvgIpc) is 2.70. The van der Waals surface area contributed by atoms with Crippen molar-refractivity contribution in [2.75, 3.05) is 5.75 Å². The Balaban J connectivity index is 2.39. The molecular formula is C12H12FN3O3S. The van der Waals surface area contributed by atoms with E-state index in [0.29, 0.717) is 16.2 Å². The molecule has 2 rings (SSSR count). The van der Waals surface area contributed by atoms with Crippen LogP contribution in [0.2, 0.25) is 0 Å². The van der Waals surface area contributed by atoms with Crippen molar-refractivity contribution in [1.82, 2.24) is 9.55 Å². The summed E-state index contributed by atoms with van der Waals surface area (Å²) in [5.41, 5.74) is 6.17. The second-order valence-electron chi connectivity index (χ2n) is 4.08. The van der Waals surface area contributed by atoms with Gasteiger partial charge in [-0.2, -0.15) is 0 Å². The van der Waals surface area contributed by atoms with Crippen LogP contribution in [0.15, 0.2) is 23.4 Å². The lowest BCUT2D eigenvalue weighted by atomic mass is 10.3. The first-order valence-corrected chi connectivity index (χ1v) is 6.74. The minimum atomic E-state index is -0.977. The first-order chi connectivity index (χ1) is 9.47. The van der Waals surface area contributed by atoms with E-state index < -0.39 is 17.7 Å². The monoisotopic (exact) mass is 297 g/mol. The van der Waals surface area contributed by atoms with Gasteiger partial charge in [0.05, 0.1) is 16.8 Å². The van der Waals surface area contributed by atoms with Crippen molar-refractivity contribution in [2.45, 2.75) is 18.1 Å². The van der Waals surface area contributed by atoms with E-state index >= 15 is 0 Å². The second-order valence-corrected chi connectivity index (χ2v) is 5.02. The summed E-state index contributed by atoms with van der Waals surface area (Å²) in [5, 5.41) is 9.14. The van der Waals surface area contributed by atoms with Crippen molar-refractivity contribution >= 4 is 34.7 Å². The Morgan fingerprint density at radius 2 is 2.20 bits per heavy atom. The summed E-state index contributed by atoms with van der Waals surface area (Å²) in [5.74, 6) is -2.03. The molecule has 20 heavy (non-hydrogen) atoms. The van der Waals surface area contributed by atoms with E-state index in [1.807, 2.05) is 0 Å². The maximum Gasteiger partial charge on any atom is 0.313 e. The van der Waals surface area contributed by atoms with Crippen LogP contribution in [0, 0.1) is 5.82 Å². The van der Waals surface area contributed by atoms with Gasteiger partial charge in [-0.1, -0.05) is 11.8 Å². The number of fused-ring (bicyclic) bond motifs is 1. The Hall–Kier alpha value is -2.09. The quantitative estimate of drug-likeness (QED) is 0.781. The molecule has 0 aliphatic heterocycles. The van der Waals surface area contributed by atoms with Crippen molar-refractivity contribution in [2.24, 2.45) is 5.73 Å². The topological polar surface area (TPSA) is 98.2 Å². The zero-order chi connectivity index (χ0) is 14.7. The number of rotatable bonds is 6. The molecule has 3 N–H and O–H groups in total. The number of nitrogens with two attached hydrogens (primary N) is 1. The average molecular weight is 297 g/mol. The summed E-state index contributed by atoms with van der Waals surface area (Å²) in [6.45, 7) is 0.277. The van der Waals surface area contributed by atoms with Crippen LogP contribution in [0.4, 0.5) is 4.39 Å². The van der Waals surface area contributed by atoms with Crippen molar-refractivity contribution < 1.29 is 19.1 Å². The fraction of sp³-hybridized carbons (Fsp3) is 0.250. The molecule has 0 saturated heterocycles. The number of aromatic nitrogens is 2. The van der Waals surface area contributed by atoms with Crippen molar-refractivity contribution in [3.8, 4) is 0 Å². The van der Waals surface area contributed by atoms with E-state index in [1.54, 1.807) is 10.6 Å². The van der Waals surface area contributed by atoms with Crippen LogP contribution in [0.25, 0.3) is 11.0 Å². The van der Waals surface area contributed by atoms with Crippen molar-refractivity contribution in [3.63, 3.8) is 0 Å². The standard InChI is InChI=1S/C12H12FN3O3S/c13-7-1-2-9-8(5-7)15-12(20-6-11(18)19)16(9)4-3-10(14)17/h1-2,5H,3-4,6H2,(H2,14,17)(H,18,19). The van der Waals surface area contributed by atoms with Crippen LogP contribution >= 0.6 is 11.8 Å². The molecule has 1 heterocycles. The van der Waals surface area contributed by atoms with Crippen LogP contribution < -0.4 is 5.73 Å². The van der Waals surface area contributed by atoms with Crippen molar-refractivity contribution in [3.05, 3.63) is 24.0 Å². The third-order valence-electron chi connectivity index (χ3n) is 2.58. The van der Waals surface area contributed by atoms with Gasteiger partial charge < -0.3 is 15.4 Å². The molecule has 0 saturated carbocycles. The van der Waals surface area contributed by atoms with E-state index in [-0.39, 0.29) is 18.7 Å². The van der Waals surface area contributed by atoms with E-state index in [9.17, 15) is 14.0 Å². The van der Waals surface area contributed by atoms with E-state index in [4.69, 9.17) is 10.8 Å². The number of hydrogen-bond acceptors (Lipinski definition) is 4. The Morgan fingerprint density at radius 3 is 2.85 bits per heavy atom. The van der Waals surface area contributed by atoms with Crippen LogP contribution in [0.1, 0.15) is 6.42 Å². The van der Waals surface area contributed by atoms with Gasteiger partial charge in [-0.3, -0.25) is 9.59 Å². The van der Waals surface area contributed by atoms with Gasteiger partial charge in [-0.05, 0) is 12.1 Å². The number of aryl methyl sites for hydroxylation is 1. The number of thioether (sulfide) groups is 1. The maximum absolute atomic E-state index is 13.2. The first kappa shape index (κ1) is 14.3. The van der Waals surface area contributed by atoms with Gasteiger partial charge in [-0.15, -0.1) is 0 Å². The fourth-order valence-corrected chi connectivity index (χ4v) is 2.52. The smallest absolute Gasteiger partial charge is 0.313 e. The van der Waals surface area contributed by atoms with Gasteiger partial charge in [0.25, 0.3) is 0 Å². The number of hydrogen-bond donors (Lipinski definition) is 2. The Kier molecular flexibility index (Phi) is 4.23. The molecule has 1 aromatic heterocycles. The van der Waals surface area contributed by atoms with Gasteiger partial charge in [0, 0.05) is 19.0 Å². The summed E-state index contributed by atoms with van der Waals surface area (Å²) in [7, 11) is 0. The first-order valence-electron chi connectivity index (χ1n) is 5.76. The summed E-state index contributed by atoms with van der Waals surface area (Å²) in [6, 6.07) is 4.10. The van der Waals surface area contributed by atoms with Crippen molar-refractivity contribution in [1.29, 1.82) is 0 Å². The molecule has 0 bridgehead atoms. The third kappa shape index (κ3) is 3.27. The molecule has 0 atom stereocenters. The highest BCUT2D eigenvalue weighted by atomic mass is 32.2. The van der Waals surface area contributed by atoms with Gasteiger partial charge in [-0.25, -0.2) is 9.37 Å². The highest BCUT2D eigenvalue weighted by molar-refractivity contribution is 7.99. The maximum atomic E-state index is 13.2. The number of benzene rings is 1. The molecule has 0 radical (unpaired) electrons. The number of amides is 1. The third-order valence-corrected chi connectivity index (χ3v) is 3.54. The number of carbonyl (C=O) groups excluding carboxylic acids is 1. The molecule has 0 spiro atoms. The van der Waals surface area contributed by atoms with E-state index in [2.05, 4.69) is 4.98 Å². The molecule has 6 nitrogen and oxygen atoms in total. The molecule has 0 fully saturated rings. The largest absolute Gasteiger partial charge is 0.481 e. The molecule has 1 amide bonds. The molecule has 0 aliphatic rings. The minimum absolute atomic E-state index is 0.101. The predicted molar refractivity (Wildman–Crippen MR) is 71.9 cm³/mol. The lowest BCUT2D eigenvalue weighted by Gasteiger charge is -2.06. The molecule has 8 heteroatoms. The molecule has 0 aliphatic carbocycles. The van der Waals surface area contributed by atoms with E-state index in [0.717, 1.165) is 11.8 Å². The summed E-state index contributed by atoms with van der Waals surface area (Å²) >= 11 is 1.02. The molecule has 1 aromatic carbocycles. The number of imidazole rings is 1. The molecule has 106 valence electrons. The fourth-order valence-electron chi connectivity index (χ4n) is 1.76. The van der Waals surface area contributed by atoms with Gasteiger partial charge >= 0.3 is 5.97 Å². The van der Waals surface area contributed by atoms with Gasteiger partial charge in [0.2, 0.25) is 5.91 Å². The van der Waals surface area contributed by atoms with Crippen LogP contribution in [0.3, 0.4) is 0 Å². The zero-order valence-corrected chi connectivity index (χ0v) is 11.2. The number of halogens is 1. The normalized spacial score (nSPS) is 10.8. The summed E-state index contributed by atoms with van der Waals surface area (Å²) in [6.07, 6.45) is 0.101. The highest BCUT2D eigenvalue weighted by Gasteiger charge is 2.13. The van der Waals surface area contributed by atoms with Crippen LogP contribution in [-0.4, -0.2) is 32.3 Å². The zero-order valence-electron chi connectivity index (χ0n) is 10.4. The highest BCUT2D eigenvalue weighted by Crippen LogP contribution is 2.25. The number of carbonyl (C=O) groups is 2. The Morgan fingerprint density at radius 1 is 1.45 bits per heavy atom. The predicted octanol–water partition coefficient (Wildman–Crippen LogP) is 1.23. The summed E-state index contributed by atoms with van der Waals surface area (Å²) in [4.78, 5) is 25.7. The number of primary amides is 1. The van der Waals surface area contributed by atoms with Crippen LogP contribution in [0.5, 0.6) is 0 Å². The minimum Gasteiger partial charge on any atom is -0.481 e. The molecule has 2 aromatic rings. The number of carboxylic acid groups (broad SMARTS) is 1. The molecule has 0 unspecified atom stereocenters. The number of carboxylic acids is 1. The van der Waals surface area contributed by atoms with E-state index in [1.165, 1.54) is 12.1 Å². The summed E-state index contributed by atoms with van der Waals surface area (Å²) < 4.78 is 14.9. The Bertz CT molecular complexity index is 671. The van der Waals surface area contributed by atoms with Gasteiger partial charge in [0.15, 0.2) is 5.16 Å². The Labute approximate surface area is 117 Å². The second kappa shape index (κ2) is 5.91. The van der Waals surface area contributed by atoms with Crippen LogP contribution in [-0.2, 0) is 16.1 Å². The lowest BCUT2D eigenvalue weighted by Crippen LogP contribution is -2.14. The molecular weight excluding hydrogens is 285 g/mol. The van der Waals surface area contributed by atoms with Gasteiger partial charge in [0.1, 0.15) is 5.82 Å². The SMILES string of the molecule is NC(=O)CCn1c(SCC(=O)O)nc2cc(F)ccc21. The number of nitrogens with zero attached hydrogens (tertiary/aromatic N) is 2. The lowest BCUT2D eigenvalue weighted by molar-refractivity contribution is -0.134. The number of aliphatic carboxylic acids is 1.